The van der Waals surface area contributed by atoms with Crippen LogP contribution in [0.5, 0.6) is 5.75 Å². The standard InChI is InChI=1S/C19H18ClF2NO4S/c1-23(2)19(25)11-6-14(20)18(24)17(7-11)28(26,27)9-12-5-13(10-3-4-10)16(22)8-15(12)21/h5-8,10,24H,3-4,9H2,1-2H3. The Kier molecular flexibility index (Phi) is 5.38. The highest BCUT2D eigenvalue weighted by Gasteiger charge is 2.30. The molecular formula is C19H18ClF2NO4S. The summed E-state index contributed by atoms with van der Waals surface area (Å²) in [6.45, 7) is 0. The maximum absolute atomic E-state index is 14.2. The lowest BCUT2D eigenvalue weighted by molar-refractivity contribution is 0.0827. The molecule has 1 aliphatic rings. The Morgan fingerprint density at radius 1 is 1.18 bits per heavy atom. The van der Waals surface area contributed by atoms with E-state index in [1.165, 1.54) is 25.1 Å². The number of halogens is 3. The molecule has 0 unspecified atom stereocenters. The summed E-state index contributed by atoms with van der Waals surface area (Å²) in [5, 5.41) is 9.82. The first-order chi connectivity index (χ1) is 13.0. The lowest BCUT2D eigenvalue weighted by atomic mass is 10.1. The molecular weight excluding hydrogens is 412 g/mol. The number of carbonyl (C=O) groups is 1. The van der Waals surface area contributed by atoms with Crippen LogP contribution in [0.4, 0.5) is 8.78 Å². The molecule has 9 heteroatoms. The molecule has 1 amide bonds. The molecule has 1 N–H and O–H groups in total. The molecule has 0 spiro atoms. The monoisotopic (exact) mass is 429 g/mol. The van der Waals surface area contributed by atoms with Crippen LogP contribution in [0, 0.1) is 11.6 Å². The fraction of sp³-hybridized carbons (Fsp3) is 0.316. The van der Waals surface area contributed by atoms with Gasteiger partial charge >= 0.3 is 0 Å². The third-order valence-corrected chi connectivity index (χ3v) is 6.51. The number of amides is 1. The molecule has 1 fully saturated rings. The molecule has 0 atom stereocenters. The summed E-state index contributed by atoms with van der Waals surface area (Å²) >= 11 is 5.90. The first-order valence-corrected chi connectivity index (χ1v) is 10.5. The smallest absolute Gasteiger partial charge is 0.253 e. The predicted molar refractivity (Wildman–Crippen MR) is 100 cm³/mol. The van der Waals surface area contributed by atoms with E-state index in [9.17, 15) is 27.1 Å². The third-order valence-electron chi connectivity index (χ3n) is 4.55. The van der Waals surface area contributed by atoms with Crippen molar-refractivity contribution in [2.75, 3.05) is 14.1 Å². The topological polar surface area (TPSA) is 74.7 Å². The summed E-state index contributed by atoms with van der Waals surface area (Å²) in [5.41, 5.74) is 0.0400. The summed E-state index contributed by atoms with van der Waals surface area (Å²) in [5.74, 6) is -3.76. The number of carbonyl (C=O) groups excluding carboxylic acids is 1. The minimum absolute atomic E-state index is 0.0362. The quantitative estimate of drug-likeness (QED) is 0.782. The Labute approximate surface area is 166 Å². The number of nitrogens with zero attached hydrogens (tertiary/aromatic N) is 1. The van der Waals surface area contributed by atoms with E-state index in [0.717, 1.165) is 25.0 Å². The molecule has 0 saturated heterocycles. The minimum atomic E-state index is -4.27. The van der Waals surface area contributed by atoms with E-state index in [4.69, 9.17) is 11.6 Å². The average molecular weight is 430 g/mol. The van der Waals surface area contributed by atoms with Crippen LogP contribution >= 0.6 is 11.6 Å². The van der Waals surface area contributed by atoms with E-state index in [-0.39, 0.29) is 27.6 Å². The van der Waals surface area contributed by atoms with Crippen LogP contribution in [-0.4, -0.2) is 38.4 Å². The molecule has 28 heavy (non-hydrogen) atoms. The number of phenols is 1. The fourth-order valence-corrected chi connectivity index (χ4v) is 4.68. The van der Waals surface area contributed by atoms with Crippen LogP contribution in [0.2, 0.25) is 5.02 Å². The highest BCUT2D eigenvalue weighted by molar-refractivity contribution is 7.90. The van der Waals surface area contributed by atoms with E-state index in [2.05, 4.69) is 0 Å². The van der Waals surface area contributed by atoms with E-state index >= 15 is 0 Å². The Balaban J connectivity index is 2.04. The molecule has 0 radical (unpaired) electrons. The van der Waals surface area contributed by atoms with Crippen molar-refractivity contribution >= 4 is 27.3 Å². The maximum atomic E-state index is 14.2. The minimum Gasteiger partial charge on any atom is -0.505 e. The van der Waals surface area contributed by atoms with Gasteiger partial charge in [0.25, 0.3) is 5.91 Å². The van der Waals surface area contributed by atoms with Crippen LogP contribution < -0.4 is 0 Å². The van der Waals surface area contributed by atoms with Gasteiger partial charge in [-0.2, -0.15) is 0 Å². The Hall–Kier alpha value is -2.19. The molecule has 0 heterocycles. The van der Waals surface area contributed by atoms with Crippen molar-refractivity contribution < 1.29 is 27.1 Å². The van der Waals surface area contributed by atoms with Gasteiger partial charge < -0.3 is 10.0 Å². The van der Waals surface area contributed by atoms with Crippen molar-refractivity contribution in [3.05, 3.63) is 57.6 Å². The van der Waals surface area contributed by atoms with E-state index in [1.807, 2.05) is 0 Å². The zero-order chi connectivity index (χ0) is 20.8. The van der Waals surface area contributed by atoms with Gasteiger partial charge in [0.1, 0.15) is 16.5 Å². The van der Waals surface area contributed by atoms with Gasteiger partial charge in [0, 0.05) is 31.3 Å². The van der Waals surface area contributed by atoms with Crippen molar-refractivity contribution in [2.45, 2.75) is 29.4 Å². The second-order valence-corrected chi connectivity index (χ2v) is 9.37. The number of phenolic OH excluding ortho intramolecular Hbond substituents is 1. The van der Waals surface area contributed by atoms with E-state index < -0.39 is 43.8 Å². The predicted octanol–water partition coefficient (Wildman–Crippen LogP) is 3.88. The molecule has 150 valence electrons. The second-order valence-electron chi connectivity index (χ2n) is 7.00. The van der Waals surface area contributed by atoms with E-state index in [0.29, 0.717) is 6.07 Å². The summed E-state index contributed by atoms with van der Waals surface area (Å²) in [7, 11) is -1.32. The first-order valence-electron chi connectivity index (χ1n) is 8.46. The molecule has 5 nitrogen and oxygen atoms in total. The van der Waals surface area contributed by atoms with Crippen molar-refractivity contribution in [3.63, 3.8) is 0 Å². The highest BCUT2D eigenvalue weighted by atomic mass is 35.5. The van der Waals surface area contributed by atoms with Gasteiger partial charge in [-0.05, 0) is 42.5 Å². The zero-order valence-electron chi connectivity index (χ0n) is 15.2. The normalized spacial score (nSPS) is 14.2. The number of aromatic hydroxyl groups is 1. The summed E-state index contributed by atoms with van der Waals surface area (Å²) < 4.78 is 53.8. The lowest BCUT2D eigenvalue weighted by Gasteiger charge is -2.14. The Bertz CT molecular complexity index is 1070. The number of rotatable bonds is 5. The van der Waals surface area contributed by atoms with Gasteiger partial charge in [-0.25, -0.2) is 17.2 Å². The fourth-order valence-electron chi connectivity index (χ4n) is 2.91. The van der Waals surface area contributed by atoms with Gasteiger partial charge in [-0.3, -0.25) is 4.79 Å². The number of sulfone groups is 1. The molecule has 1 aliphatic carbocycles. The van der Waals surface area contributed by atoms with Gasteiger partial charge in [0.05, 0.1) is 10.8 Å². The van der Waals surface area contributed by atoms with Crippen LogP contribution in [0.25, 0.3) is 0 Å². The number of hydrogen-bond donors (Lipinski definition) is 1. The highest BCUT2D eigenvalue weighted by Crippen LogP contribution is 2.42. The van der Waals surface area contributed by atoms with Crippen molar-refractivity contribution in [1.29, 1.82) is 0 Å². The zero-order valence-corrected chi connectivity index (χ0v) is 16.7. The van der Waals surface area contributed by atoms with E-state index in [1.54, 1.807) is 0 Å². The third kappa shape index (κ3) is 3.98. The van der Waals surface area contributed by atoms with Crippen LogP contribution in [0.15, 0.2) is 29.2 Å². The van der Waals surface area contributed by atoms with Crippen LogP contribution in [0.3, 0.4) is 0 Å². The average Bonchev–Trinajstić information content (AvgIpc) is 3.43. The van der Waals surface area contributed by atoms with Crippen molar-refractivity contribution in [1.82, 2.24) is 4.90 Å². The Morgan fingerprint density at radius 3 is 2.39 bits per heavy atom. The molecule has 2 aromatic carbocycles. The molecule has 0 aromatic heterocycles. The second kappa shape index (κ2) is 7.33. The molecule has 2 aromatic rings. The molecule has 0 aliphatic heterocycles. The van der Waals surface area contributed by atoms with Crippen LogP contribution in [-0.2, 0) is 15.6 Å². The maximum Gasteiger partial charge on any atom is 0.253 e. The molecule has 1 saturated carbocycles. The van der Waals surface area contributed by atoms with Gasteiger partial charge in [0.2, 0.25) is 0 Å². The number of benzene rings is 2. The van der Waals surface area contributed by atoms with Gasteiger partial charge in [-0.1, -0.05) is 11.6 Å². The molecule has 3 rings (SSSR count). The largest absolute Gasteiger partial charge is 0.505 e. The summed E-state index contributed by atoms with van der Waals surface area (Å²) in [6.07, 6.45) is 1.53. The summed E-state index contributed by atoms with van der Waals surface area (Å²) in [4.78, 5) is 12.8. The molecule has 0 bridgehead atoms. The van der Waals surface area contributed by atoms with Gasteiger partial charge in [0.15, 0.2) is 15.6 Å². The van der Waals surface area contributed by atoms with Crippen molar-refractivity contribution in [2.24, 2.45) is 0 Å². The SMILES string of the molecule is CN(C)C(=O)c1cc(Cl)c(O)c(S(=O)(=O)Cc2cc(C3CC3)c(F)cc2F)c1. The van der Waals surface area contributed by atoms with Crippen molar-refractivity contribution in [3.8, 4) is 5.75 Å². The summed E-state index contributed by atoms with van der Waals surface area (Å²) in [6, 6.07) is 4.05. The Morgan fingerprint density at radius 2 is 1.82 bits per heavy atom. The van der Waals surface area contributed by atoms with Gasteiger partial charge in [-0.15, -0.1) is 0 Å². The first kappa shape index (κ1) is 20.5. The lowest BCUT2D eigenvalue weighted by Crippen LogP contribution is -2.22. The van der Waals surface area contributed by atoms with Crippen LogP contribution in [0.1, 0.15) is 40.2 Å². The number of hydrogen-bond acceptors (Lipinski definition) is 4.